The van der Waals surface area contributed by atoms with E-state index >= 15 is 0 Å². The Morgan fingerprint density at radius 3 is 2.90 bits per heavy atom. The molecule has 0 heterocycles. The molecule has 2 rings (SSSR count). The molecule has 2 atom stereocenters. The van der Waals surface area contributed by atoms with Gasteiger partial charge in [-0.1, -0.05) is 23.2 Å². The van der Waals surface area contributed by atoms with E-state index in [1.54, 1.807) is 12.1 Å². The highest BCUT2D eigenvalue weighted by Gasteiger charge is 2.32. The van der Waals surface area contributed by atoms with E-state index < -0.39 is 0 Å². The van der Waals surface area contributed by atoms with Crippen LogP contribution < -0.4 is 15.8 Å². The number of carbonyl (C=O) groups is 1. The molecule has 1 aliphatic carbocycles. The molecule has 2 unspecified atom stereocenters. The van der Waals surface area contributed by atoms with Gasteiger partial charge in [0.25, 0.3) is 5.91 Å². The molecule has 1 amide bonds. The number of nitrogens with zero attached hydrogens (tertiary/aromatic N) is 1. The predicted molar refractivity (Wildman–Crippen MR) is 79.7 cm³/mol. The minimum absolute atomic E-state index is 0.112. The van der Waals surface area contributed by atoms with E-state index in [2.05, 4.69) is 10.5 Å². The lowest BCUT2D eigenvalue weighted by Crippen LogP contribution is -2.42. The highest BCUT2D eigenvalue weighted by molar-refractivity contribution is 5.97. The van der Waals surface area contributed by atoms with Crippen LogP contribution in [0.15, 0.2) is 23.4 Å². The maximum atomic E-state index is 12.5. The first-order chi connectivity index (χ1) is 10.1. The Morgan fingerprint density at radius 2 is 2.24 bits per heavy atom. The Labute approximate surface area is 124 Å². The molecule has 0 spiro atoms. The zero-order valence-electron chi connectivity index (χ0n) is 12.3. The molecule has 0 saturated heterocycles. The molecule has 6 heteroatoms. The molecule has 0 radical (unpaired) electrons. The van der Waals surface area contributed by atoms with Gasteiger partial charge in [0.15, 0.2) is 0 Å². The summed E-state index contributed by atoms with van der Waals surface area (Å²) in [7, 11) is 1.54. The van der Waals surface area contributed by atoms with Gasteiger partial charge in [0, 0.05) is 12.0 Å². The Kier molecular flexibility index (Phi) is 4.67. The predicted octanol–water partition coefficient (Wildman–Crippen LogP) is 1.65. The van der Waals surface area contributed by atoms with Crippen LogP contribution in [-0.4, -0.2) is 30.1 Å². The Bertz CT molecular complexity index is 557. The average molecular weight is 291 g/mol. The maximum Gasteiger partial charge on any atom is 0.255 e. The van der Waals surface area contributed by atoms with E-state index in [1.165, 1.54) is 7.11 Å². The fourth-order valence-electron chi connectivity index (χ4n) is 2.81. The van der Waals surface area contributed by atoms with Crippen molar-refractivity contribution in [1.82, 2.24) is 5.32 Å². The molecule has 6 nitrogen and oxygen atoms in total. The molecule has 114 valence electrons. The average Bonchev–Trinajstić information content (AvgIpc) is 2.94. The summed E-state index contributed by atoms with van der Waals surface area (Å²) in [5.74, 6) is 0.401. The molecule has 1 aromatic rings. The third-order valence-electron chi connectivity index (χ3n) is 3.93. The monoisotopic (exact) mass is 291 g/mol. The maximum absolute atomic E-state index is 12.5. The quantitative estimate of drug-likeness (QED) is 0.340. The van der Waals surface area contributed by atoms with Crippen molar-refractivity contribution in [2.45, 2.75) is 32.2 Å². The van der Waals surface area contributed by atoms with Crippen LogP contribution in [0.3, 0.4) is 0 Å². The van der Waals surface area contributed by atoms with Gasteiger partial charge < -0.3 is 21.0 Å². The van der Waals surface area contributed by atoms with Crippen LogP contribution in [-0.2, 0) is 0 Å². The van der Waals surface area contributed by atoms with Crippen molar-refractivity contribution in [3.63, 3.8) is 0 Å². The standard InChI is InChI=1S/C15H21N3O3/c1-9-6-7-13(21-2)11(8-9)15(19)17-12-5-3-4-10(12)14(16)18-20/h6-8,10,12,20H,3-5H2,1-2H3,(H2,16,18)(H,17,19). The van der Waals surface area contributed by atoms with Crippen LogP contribution in [0.25, 0.3) is 0 Å². The highest BCUT2D eigenvalue weighted by Crippen LogP contribution is 2.27. The molecule has 0 bridgehead atoms. The summed E-state index contributed by atoms with van der Waals surface area (Å²) in [6.45, 7) is 1.92. The number of nitrogens with one attached hydrogen (secondary N) is 1. The number of amidine groups is 1. The minimum Gasteiger partial charge on any atom is -0.496 e. The van der Waals surface area contributed by atoms with E-state index in [1.807, 2.05) is 13.0 Å². The van der Waals surface area contributed by atoms with Gasteiger partial charge in [-0.2, -0.15) is 0 Å². The van der Waals surface area contributed by atoms with Gasteiger partial charge in [0.2, 0.25) is 0 Å². The van der Waals surface area contributed by atoms with Gasteiger partial charge in [-0.15, -0.1) is 0 Å². The molecule has 1 fully saturated rings. The fourth-order valence-corrected chi connectivity index (χ4v) is 2.81. The van der Waals surface area contributed by atoms with Crippen molar-refractivity contribution >= 4 is 11.7 Å². The van der Waals surface area contributed by atoms with Crippen LogP contribution in [0.1, 0.15) is 35.2 Å². The van der Waals surface area contributed by atoms with Gasteiger partial charge >= 0.3 is 0 Å². The van der Waals surface area contributed by atoms with Gasteiger partial charge in [0.1, 0.15) is 11.6 Å². The molecule has 1 saturated carbocycles. The summed E-state index contributed by atoms with van der Waals surface area (Å²) in [5, 5.41) is 14.9. The number of amides is 1. The molecule has 0 aromatic heterocycles. The number of hydrogen-bond acceptors (Lipinski definition) is 4. The lowest BCUT2D eigenvalue weighted by Gasteiger charge is -2.20. The molecule has 4 N–H and O–H groups in total. The first-order valence-electron chi connectivity index (χ1n) is 6.99. The van der Waals surface area contributed by atoms with E-state index in [-0.39, 0.29) is 23.7 Å². The number of benzene rings is 1. The number of hydrogen-bond donors (Lipinski definition) is 3. The molecule has 21 heavy (non-hydrogen) atoms. The summed E-state index contributed by atoms with van der Waals surface area (Å²) >= 11 is 0. The Balaban J connectivity index is 2.16. The van der Waals surface area contributed by atoms with Crippen molar-refractivity contribution in [2.24, 2.45) is 16.8 Å². The number of oxime groups is 1. The summed E-state index contributed by atoms with van der Waals surface area (Å²) in [4.78, 5) is 12.5. The Hall–Kier alpha value is -2.24. The van der Waals surface area contributed by atoms with Gasteiger partial charge in [-0.05, 0) is 31.9 Å². The van der Waals surface area contributed by atoms with Gasteiger partial charge in [-0.3, -0.25) is 4.79 Å². The zero-order valence-corrected chi connectivity index (χ0v) is 12.3. The first-order valence-corrected chi connectivity index (χ1v) is 6.99. The second-order valence-corrected chi connectivity index (χ2v) is 5.35. The molecule has 1 aliphatic rings. The normalized spacial score (nSPS) is 22.1. The smallest absolute Gasteiger partial charge is 0.255 e. The lowest BCUT2D eigenvalue weighted by atomic mass is 10.0. The number of nitrogens with two attached hydrogens (primary N) is 1. The minimum atomic E-state index is -0.196. The van der Waals surface area contributed by atoms with E-state index in [9.17, 15) is 4.79 Å². The number of rotatable bonds is 4. The molecular weight excluding hydrogens is 270 g/mol. The first kappa shape index (κ1) is 15.2. The van der Waals surface area contributed by atoms with Crippen molar-refractivity contribution in [2.75, 3.05) is 7.11 Å². The number of aryl methyl sites for hydroxylation is 1. The van der Waals surface area contributed by atoms with Gasteiger partial charge in [-0.25, -0.2) is 0 Å². The molecule has 0 aliphatic heterocycles. The van der Waals surface area contributed by atoms with E-state index in [0.717, 1.165) is 24.8 Å². The van der Waals surface area contributed by atoms with Crippen LogP contribution in [0, 0.1) is 12.8 Å². The Morgan fingerprint density at radius 1 is 1.48 bits per heavy atom. The third kappa shape index (κ3) is 3.26. The van der Waals surface area contributed by atoms with Crippen molar-refractivity contribution in [3.8, 4) is 5.75 Å². The van der Waals surface area contributed by atoms with Crippen LogP contribution in [0.2, 0.25) is 0 Å². The van der Waals surface area contributed by atoms with Gasteiger partial charge in [0.05, 0.1) is 12.7 Å². The topological polar surface area (TPSA) is 96.9 Å². The number of methoxy groups -OCH3 is 1. The number of ether oxygens (including phenoxy) is 1. The summed E-state index contributed by atoms with van der Waals surface area (Å²) in [6, 6.07) is 5.35. The second-order valence-electron chi connectivity index (χ2n) is 5.35. The van der Waals surface area contributed by atoms with Crippen LogP contribution >= 0.6 is 0 Å². The van der Waals surface area contributed by atoms with Crippen molar-refractivity contribution in [3.05, 3.63) is 29.3 Å². The summed E-state index contributed by atoms with van der Waals surface area (Å²) < 4.78 is 5.23. The second kappa shape index (κ2) is 6.47. The molecule has 1 aromatic carbocycles. The van der Waals surface area contributed by atoms with Crippen LogP contribution in [0.5, 0.6) is 5.75 Å². The highest BCUT2D eigenvalue weighted by atomic mass is 16.5. The SMILES string of the molecule is COc1ccc(C)cc1C(=O)NC1CCCC1C(N)=NO. The zero-order chi connectivity index (χ0) is 15.4. The van der Waals surface area contributed by atoms with Crippen molar-refractivity contribution < 1.29 is 14.7 Å². The van der Waals surface area contributed by atoms with E-state index in [0.29, 0.717) is 11.3 Å². The molecular formula is C15H21N3O3. The fraction of sp³-hybridized carbons (Fsp3) is 0.467. The third-order valence-corrected chi connectivity index (χ3v) is 3.93. The van der Waals surface area contributed by atoms with Crippen molar-refractivity contribution in [1.29, 1.82) is 0 Å². The summed E-state index contributed by atoms with van der Waals surface area (Å²) in [6.07, 6.45) is 2.57. The largest absolute Gasteiger partial charge is 0.496 e. The number of carbonyl (C=O) groups excluding carboxylic acids is 1. The van der Waals surface area contributed by atoms with Crippen LogP contribution in [0.4, 0.5) is 0 Å². The van der Waals surface area contributed by atoms with E-state index in [4.69, 9.17) is 15.7 Å². The lowest BCUT2D eigenvalue weighted by molar-refractivity contribution is 0.0930. The summed E-state index contributed by atoms with van der Waals surface area (Å²) in [5.41, 5.74) is 7.18.